The second-order valence-electron chi connectivity index (χ2n) is 9.53. The van der Waals surface area contributed by atoms with Crippen molar-refractivity contribution in [2.75, 3.05) is 4.90 Å². The second kappa shape index (κ2) is 6.72. The maximum atomic E-state index is 13.6. The molecule has 2 heterocycles. The lowest BCUT2D eigenvalue weighted by Gasteiger charge is -2.29. The van der Waals surface area contributed by atoms with Gasteiger partial charge in [0.1, 0.15) is 6.10 Å². The van der Waals surface area contributed by atoms with Crippen molar-refractivity contribution in [2.24, 2.45) is 34.7 Å². The van der Waals surface area contributed by atoms with Crippen molar-refractivity contribution in [1.29, 1.82) is 0 Å². The number of fused-ring (bicyclic) bond motifs is 9. The molecule has 34 heavy (non-hydrogen) atoms. The third-order valence-electron chi connectivity index (χ3n) is 8.06. The van der Waals surface area contributed by atoms with E-state index in [0.29, 0.717) is 5.69 Å². The summed E-state index contributed by atoms with van der Waals surface area (Å²) < 4.78 is 0. The third-order valence-corrected chi connectivity index (χ3v) is 8.06. The van der Waals surface area contributed by atoms with Crippen molar-refractivity contribution in [3.63, 3.8) is 0 Å². The van der Waals surface area contributed by atoms with E-state index in [9.17, 15) is 19.7 Å². The van der Waals surface area contributed by atoms with Gasteiger partial charge in [-0.15, -0.1) is 0 Å². The fourth-order valence-corrected chi connectivity index (χ4v) is 6.69. The van der Waals surface area contributed by atoms with E-state index in [1.165, 1.54) is 17.0 Å². The third kappa shape index (κ3) is 2.45. The Morgan fingerprint density at radius 3 is 2.32 bits per heavy atom. The van der Waals surface area contributed by atoms with Crippen molar-refractivity contribution in [3.8, 4) is 0 Å². The van der Waals surface area contributed by atoms with E-state index in [1.807, 2.05) is 42.5 Å². The van der Waals surface area contributed by atoms with Crippen LogP contribution >= 0.6 is 0 Å². The van der Waals surface area contributed by atoms with Crippen molar-refractivity contribution in [2.45, 2.75) is 12.5 Å². The van der Waals surface area contributed by atoms with Gasteiger partial charge in [-0.1, -0.05) is 35.5 Å². The number of carbonyl (C=O) groups is 2. The summed E-state index contributed by atoms with van der Waals surface area (Å²) in [4.78, 5) is 44.9. The molecule has 0 N–H and O–H groups in total. The number of benzene rings is 3. The van der Waals surface area contributed by atoms with E-state index < -0.39 is 16.8 Å². The lowest BCUT2D eigenvalue weighted by atomic mass is 9.71. The molecular formula is C26H19N3O5. The number of oxime groups is 1. The SMILES string of the molecule is O=C1C2C3CC(C4C(c5ccc([N+](=O)[O-])cc5)=NOC34)C2C(=O)N1c1ccc2ccccc2c1. The smallest absolute Gasteiger partial charge is 0.269 e. The first kappa shape index (κ1) is 19.4. The number of non-ortho nitro benzene ring substituents is 1. The molecule has 2 aliphatic heterocycles. The van der Waals surface area contributed by atoms with Crippen LogP contribution in [0.4, 0.5) is 11.4 Å². The molecule has 168 valence electrons. The Morgan fingerprint density at radius 1 is 0.882 bits per heavy atom. The lowest BCUT2D eigenvalue weighted by molar-refractivity contribution is -0.384. The van der Waals surface area contributed by atoms with Crippen LogP contribution in [0.3, 0.4) is 0 Å². The van der Waals surface area contributed by atoms with Crippen molar-refractivity contribution in [3.05, 3.63) is 82.4 Å². The maximum Gasteiger partial charge on any atom is 0.269 e. The van der Waals surface area contributed by atoms with Crippen LogP contribution in [-0.2, 0) is 14.4 Å². The fourth-order valence-electron chi connectivity index (χ4n) is 6.69. The Hall–Kier alpha value is -4.07. The molecule has 6 unspecified atom stereocenters. The van der Waals surface area contributed by atoms with Gasteiger partial charge in [0.15, 0.2) is 0 Å². The summed E-state index contributed by atoms with van der Waals surface area (Å²) >= 11 is 0. The normalized spacial score (nSPS) is 30.9. The largest absolute Gasteiger partial charge is 0.391 e. The number of amides is 2. The molecule has 2 aliphatic carbocycles. The molecule has 2 saturated carbocycles. The van der Waals surface area contributed by atoms with Crippen molar-refractivity contribution < 1.29 is 19.3 Å². The van der Waals surface area contributed by atoms with E-state index in [1.54, 1.807) is 12.1 Å². The van der Waals surface area contributed by atoms with Gasteiger partial charge in [0.25, 0.3) is 5.69 Å². The molecule has 2 bridgehead atoms. The highest BCUT2D eigenvalue weighted by atomic mass is 16.6. The highest BCUT2D eigenvalue weighted by Crippen LogP contribution is 2.62. The number of hydrogen-bond acceptors (Lipinski definition) is 6. The van der Waals surface area contributed by atoms with Crippen molar-refractivity contribution >= 4 is 39.7 Å². The minimum absolute atomic E-state index is 0.00964. The van der Waals surface area contributed by atoms with Gasteiger partial charge < -0.3 is 4.84 Å². The summed E-state index contributed by atoms with van der Waals surface area (Å²) in [6, 6.07) is 19.8. The van der Waals surface area contributed by atoms with Crippen LogP contribution in [0.5, 0.6) is 0 Å². The van der Waals surface area contributed by atoms with Crippen LogP contribution in [0, 0.1) is 39.7 Å². The molecule has 4 aliphatic rings. The van der Waals surface area contributed by atoms with Gasteiger partial charge in [0, 0.05) is 29.5 Å². The Morgan fingerprint density at radius 2 is 1.59 bits per heavy atom. The van der Waals surface area contributed by atoms with Crippen LogP contribution in [-0.4, -0.2) is 28.6 Å². The van der Waals surface area contributed by atoms with Crippen LogP contribution in [0.25, 0.3) is 10.8 Å². The molecule has 0 aromatic heterocycles. The van der Waals surface area contributed by atoms with E-state index in [2.05, 4.69) is 5.16 Å². The number of hydrogen-bond donors (Lipinski definition) is 0. The lowest BCUT2D eigenvalue weighted by Crippen LogP contribution is -2.41. The molecule has 6 atom stereocenters. The van der Waals surface area contributed by atoms with Gasteiger partial charge in [-0.3, -0.25) is 24.6 Å². The van der Waals surface area contributed by atoms with Crippen LogP contribution in [0.15, 0.2) is 71.9 Å². The summed E-state index contributed by atoms with van der Waals surface area (Å²) in [6.45, 7) is 0. The fraction of sp³-hybridized carbons (Fsp3) is 0.269. The highest BCUT2D eigenvalue weighted by molar-refractivity contribution is 6.23. The monoisotopic (exact) mass is 453 g/mol. The average molecular weight is 453 g/mol. The van der Waals surface area contributed by atoms with Gasteiger partial charge in [0.2, 0.25) is 11.8 Å². The number of anilines is 1. The van der Waals surface area contributed by atoms with Gasteiger partial charge >= 0.3 is 0 Å². The van der Waals surface area contributed by atoms with E-state index in [0.717, 1.165) is 28.5 Å². The maximum absolute atomic E-state index is 13.6. The van der Waals surface area contributed by atoms with Gasteiger partial charge in [-0.2, -0.15) is 0 Å². The zero-order chi connectivity index (χ0) is 23.1. The quantitative estimate of drug-likeness (QED) is 0.340. The number of rotatable bonds is 3. The predicted molar refractivity (Wildman–Crippen MR) is 123 cm³/mol. The molecule has 1 saturated heterocycles. The minimum atomic E-state index is -0.439. The second-order valence-corrected chi connectivity index (χ2v) is 9.53. The number of nitro groups is 1. The molecule has 3 fully saturated rings. The molecule has 2 amide bonds. The van der Waals surface area contributed by atoms with Crippen LogP contribution < -0.4 is 4.90 Å². The molecule has 3 aromatic rings. The highest BCUT2D eigenvalue weighted by Gasteiger charge is 2.70. The zero-order valence-electron chi connectivity index (χ0n) is 17.9. The molecule has 8 heteroatoms. The Bertz CT molecular complexity index is 1430. The Labute approximate surface area is 193 Å². The van der Waals surface area contributed by atoms with E-state index in [-0.39, 0.29) is 41.4 Å². The Balaban J connectivity index is 1.22. The average Bonchev–Trinajstić information content (AvgIpc) is 3.59. The standard InChI is InChI=1S/C26H19N3O5/c30-25-20-18-12-19(24-22(18)23(27-34-24)14-6-8-16(9-7-14)29(32)33)21(20)26(31)28(25)17-10-5-13-3-1-2-4-15(13)11-17/h1-11,18-22,24H,12H2. The van der Waals surface area contributed by atoms with Gasteiger partial charge in [0.05, 0.1) is 28.2 Å². The molecule has 0 radical (unpaired) electrons. The number of carbonyl (C=O) groups excluding carboxylic acids is 2. The van der Waals surface area contributed by atoms with E-state index >= 15 is 0 Å². The van der Waals surface area contributed by atoms with Gasteiger partial charge in [-0.25, -0.2) is 0 Å². The van der Waals surface area contributed by atoms with Crippen LogP contribution in [0.1, 0.15) is 12.0 Å². The summed E-state index contributed by atoms with van der Waals surface area (Å²) in [5.74, 6) is -1.29. The number of imide groups is 1. The summed E-state index contributed by atoms with van der Waals surface area (Å²) in [5, 5.41) is 17.3. The number of nitro benzene ring substituents is 1. The first-order valence-electron chi connectivity index (χ1n) is 11.4. The molecule has 0 spiro atoms. The zero-order valence-corrected chi connectivity index (χ0v) is 17.9. The summed E-state index contributed by atoms with van der Waals surface area (Å²) in [6.07, 6.45) is 0.504. The molecule has 7 rings (SSSR count). The molecule has 8 nitrogen and oxygen atoms in total. The Kier molecular flexibility index (Phi) is 3.84. The molecule has 3 aromatic carbocycles. The molecular weight excluding hydrogens is 434 g/mol. The van der Waals surface area contributed by atoms with Crippen molar-refractivity contribution in [1.82, 2.24) is 0 Å². The summed E-state index contributed by atoms with van der Waals surface area (Å²) in [7, 11) is 0. The van der Waals surface area contributed by atoms with Gasteiger partial charge in [-0.05, 0) is 47.4 Å². The predicted octanol–water partition coefficient (Wildman–Crippen LogP) is 3.92. The first-order chi connectivity index (χ1) is 16.5. The van der Waals surface area contributed by atoms with E-state index in [4.69, 9.17) is 4.84 Å². The topological polar surface area (TPSA) is 102 Å². The van der Waals surface area contributed by atoms with Crippen LogP contribution in [0.2, 0.25) is 0 Å². The minimum Gasteiger partial charge on any atom is -0.391 e. The first-order valence-corrected chi connectivity index (χ1v) is 11.4. The number of nitrogens with zero attached hydrogens (tertiary/aromatic N) is 3. The summed E-state index contributed by atoms with van der Waals surface area (Å²) in [5.41, 5.74) is 2.09.